The molecule has 2 N–H and O–H groups in total. The predicted molar refractivity (Wildman–Crippen MR) is 140 cm³/mol. The second-order valence-electron chi connectivity index (χ2n) is 9.40. The van der Waals surface area contributed by atoms with Crippen LogP contribution in [0.3, 0.4) is 0 Å². The van der Waals surface area contributed by atoms with Crippen molar-refractivity contribution in [2.24, 2.45) is 0 Å². The summed E-state index contributed by atoms with van der Waals surface area (Å²) in [4.78, 5) is 14.0. The molecular weight excluding hydrogens is 459 g/mol. The molecule has 0 spiro atoms. The van der Waals surface area contributed by atoms with Gasteiger partial charge in [0.1, 0.15) is 11.6 Å². The molecule has 0 saturated carbocycles. The Bertz CT molecular complexity index is 1250. The van der Waals surface area contributed by atoms with Crippen molar-refractivity contribution < 1.29 is 14.2 Å². The van der Waals surface area contributed by atoms with Gasteiger partial charge in [0.2, 0.25) is 0 Å². The second-order valence-corrected chi connectivity index (χ2v) is 9.40. The number of nitrogens with one attached hydrogen (secondary N) is 1. The van der Waals surface area contributed by atoms with E-state index in [1.807, 2.05) is 42.5 Å². The Kier molecular flexibility index (Phi) is 7.31. The first-order valence-electron chi connectivity index (χ1n) is 12.5. The van der Waals surface area contributed by atoms with Crippen LogP contribution in [-0.2, 0) is 0 Å². The Hall–Kier alpha value is -3.27. The van der Waals surface area contributed by atoms with Gasteiger partial charge in [-0.3, -0.25) is 9.88 Å². The first-order valence-corrected chi connectivity index (χ1v) is 12.5. The van der Waals surface area contributed by atoms with E-state index in [0.29, 0.717) is 18.8 Å². The molecule has 0 bridgehead atoms. The van der Waals surface area contributed by atoms with Gasteiger partial charge < -0.3 is 19.8 Å². The highest BCUT2D eigenvalue weighted by Gasteiger charge is 2.23. The van der Waals surface area contributed by atoms with Gasteiger partial charge >= 0.3 is 0 Å². The third-order valence-corrected chi connectivity index (χ3v) is 6.98. The zero-order valence-electron chi connectivity index (χ0n) is 20.8. The summed E-state index contributed by atoms with van der Waals surface area (Å²) in [6.07, 6.45) is 6.84. The van der Waals surface area contributed by atoms with Gasteiger partial charge in [0.05, 0.1) is 36.6 Å². The molecule has 0 radical (unpaired) electrons. The van der Waals surface area contributed by atoms with Gasteiger partial charge in [0.25, 0.3) is 0 Å². The average molecular weight is 493 g/mol. The number of aromatic nitrogens is 2. The molecule has 36 heavy (non-hydrogen) atoms. The number of methoxy groups -OCH3 is 1. The number of hydrogen-bond donors (Lipinski definition) is 2. The zero-order valence-corrected chi connectivity index (χ0v) is 20.8. The first kappa shape index (κ1) is 24.4. The quantitative estimate of drug-likeness (QED) is 0.470. The number of aliphatic hydroxyl groups excluding tert-OH is 1. The molecule has 9 heteroatoms. The summed E-state index contributed by atoms with van der Waals surface area (Å²) in [5, 5.41) is 11.6. The number of likely N-dealkylation sites (tertiary alicyclic amines) is 1. The minimum Gasteiger partial charge on any atom is -0.497 e. The van der Waals surface area contributed by atoms with E-state index in [1.165, 1.54) is 12.1 Å². The van der Waals surface area contributed by atoms with Crippen LogP contribution in [0.1, 0.15) is 25.0 Å². The standard InChI is InChI=1S/C27H33FN6O2/c1-32-17-19(15-30-32)27-16-29-25-7-6-21(14-26(25)31-27)34(23-11-20(28)12-24(13-23)36-2)10-4-9-33-8-3-5-22(33)18-35/h6-7,11-14,16-17,22,30,35H,3-5,8-10,15,18H2,1-2H3/t22-/m1/s1. The highest BCUT2D eigenvalue weighted by molar-refractivity contribution is 5.82. The van der Waals surface area contributed by atoms with Crippen LogP contribution in [0.2, 0.25) is 0 Å². The fraction of sp³-hybridized carbons (Fsp3) is 0.407. The largest absolute Gasteiger partial charge is 0.497 e. The predicted octanol–water partition coefficient (Wildman–Crippen LogP) is 3.55. The van der Waals surface area contributed by atoms with Crippen molar-refractivity contribution in [1.82, 2.24) is 25.3 Å². The lowest BCUT2D eigenvalue weighted by molar-refractivity contribution is 0.158. The molecule has 2 aromatic carbocycles. The van der Waals surface area contributed by atoms with Crippen LogP contribution in [0, 0.1) is 5.82 Å². The molecule has 0 amide bonds. The Morgan fingerprint density at radius 3 is 2.86 bits per heavy atom. The van der Waals surface area contributed by atoms with Crippen LogP contribution in [-0.4, -0.2) is 78.0 Å². The topological polar surface area (TPSA) is 77.0 Å². The smallest absolute Gasteiger partial charge is 0.128 e. The number of aliphatic hydroxyl groups is 1. The number of benzene rings is 2. The normalized spacial score (nSPS) is 18.2. The summed E-state index contributed by atoms with van der Waals surface area (Å²) in [5.74, 6) is 0.129. The molecule has 3 aromatic rings. The van der Waals surface area contributed by atoms with Gasteiger partial charge in [-0.1, -0.05) is 0 Å². The van der Waals surface area contributed by atoms with Gasteiger partial charge in [-0.05, 0) is 50.1 Å². The summed E-state index contributed by atoms with van der Waals surface area (Å²) >= 11 is 0. The summed E-state index contributed by atoms with van der Waals surface area (Å²) in [5.41, 5.74) is 8.37. The maximum absolute atomic E-state index is 14.5. The van der Waals surface area contributed by atoms with Crippen LogP contribution in [0.4, 0.5) is 15.8 Å². The van der Waals surface area contributed by atoms with Crippen LogP contribution >= 0.6 is 0 Å². The van der Waals surface area contributed by atoms with Gasteiger partial charge in [-0.2, -0.15) is 0 Å². The van der Waals surface area contributed by atoms with E-state index < -0.39 is 0 Å². The SMILES string of the molecule is COc1cc(F)cc(N(CCCN2CCC[C@@H]2CO)c2ccc3ncc(C4=CN(C)NC4)nc3c2)c1. The Balaban J connectivity index is 1.46. The average Bonchev–Trinajstić information content (AvgIpc) is 3.54. The lowest BCUT2D eigenvalue weighted by Gasteiger charge is -2.28. The molecule has 2 aliphatic heterocycles. The van der Waals surface area contributed by atoms with Crippen molar-refractivity contribution in [3.05, 3.63) is 60.3 Å². The van der Waals surface area contributed by atoms with Crippen molar-refractivity contribution in [3.63, 3.8) is 0 Å². The molecule has 1 fully saturated rings. The highest BCUT2D eigenvalue weighted by Crippen LogP contribution is 2.32. The second kappa shape index (κ2) is 10.8. The third kappa shape index (κ3) is 5.28. The van der Waals surface area contributed by atoms with Gasteiger partial charge in [-0.15, -0.1) is 0 Å². The number of hydrazine groups is 1. The number of fused-ring (bicyclic) bond motifs is 1. The number of ether oxygens (including phenoxy) is 1. The molecule has 0 aliphatic carbocycles. The molecule has 1 saturated heterocycles. The minimum absolute atomic E-state index is 0.193. The molecule has 0 unspecified atom stereocenters. The Labute approximate surface area is 211 Å². The highest BCUT2D eigenvalue weighted by atomic mass is 19.1. The minimum atomic E-state index is -0.345. The van der Waals surface area contributed by atoms with Gasteiger partial charge in [0.15, 0.2) is 0 Å². The Morgan fingerprint density at radius 1 is 1.19 bits per heavy atom. The number of halogens is 1. The lowest BCUT2D eigenvalue weighted by Crippen LogP contribution is -2.34. The molecule has 190 valence electrons. The summed E-state index contributed by atoms with van der Waals surface area (Å²) < 4.78 is 19.8. The molecular formula is C27H33FN6O2. The van der Waals surface area contributed by atoms with Gasteiger partial charge in [-0.25, -0.2) is 14.8 Å². The third-order valence-electron chi connectivity index (χ3n) is 6.98. The van der Waals surface area contributed by atoms with E-state index >= 15 is 0 Å². The summed E-state index contributed by atoms with van der Waals surface area (Å²) in [6, 6.07) is 11.0. The van der Waals surface area contributed by atoms with Crippen molar-refractivity contribution >= 4 is 28.0 Å². The van der Waals surface area contributed by atoms with Crippen LogP contribution in [0.15, 0.2) is 48.8 Å². The first-order chi connectivity index (χ1) is 17.5. The van der Waals surface area contributed by atoms with Crippen molar-refractivity contribution in [1.29, 1.82) is 0 Å². The monoisotopic (exact) mass is 492 g/mol. The fourth-order valence-corrected chi connectivity index (χ4v) is 5.07. The van der Waals surface area contributed by atoms with E-state index in [0.717, 1.165) is 66.0 Å². The van der Waals surface area contributed by atoms with Crippen LogP contribution in [0.5, 0.6) is 5.75 Å². The van der Waals surface area contributed by atoms with E-state index in [1.54, 1.807) is 13.3 Å². The number of rotatable bonds is 9. The molecule has 5 rings (SSSR count). The molecule has 1 aromatic heterocycles. The maximum atomic E-state index is 14.5. The maximum Gasteiger partial charge on any atom is 0.128 e. The molecule has 2 aliphatic rings. The van der Waals surface area contributed by atoms with E-state index in [-0.39, 0.29) is 18.5 Å². The Morgan fingerprint density at radius 2 is 2.08 bits per heavy atom. The molecule has 3 heterocycles. The van der Waals surface area contributed by atoms with E-state index in [4.69, 9.17) is 9.72 Å². The molecule has 1 atom stereocenters. The number of nitrogens with zero attached hydrogens (tertiary/aromatic N) is 5. The van der Waals surface area contributed by atoms with E-state index in [9.17, 15) is 9.50 Å². The summed E-state index contributed by atoms with van der Waals surface area (Å²) in [7, 11) is 3.50. The van der Waals surface area contributed by atoms with Gasteiger partial charge in [0, 0.05) is 68.0 Å². The zero-order chi connectivity index (χ0) is 25.1. The fourth-order valence-electron chi connectivity index (χ4n) is 5.07. The number of anilines is 2. The van der Waals surface area contributed by atoms with Crippen LogP contribution < -0.4 is 15.1 Å². The number of hydrogen-bond acceptors (Lipinski definition) is 8. The summed E-state index contributed by atoms with van der Waals surface area (Å²) in [6.45, 7) is 3.46. The lowest BCUT2D eigenvalue weighted by atomic mass is 10.1. The van der Waals surface area contributed by atoms with E-state index in [2.05, 4.69) is 20.2 Å². The van der Waals surface area contributed by atoms with Crippen molar-refractivity contribution in [2.75, 3.05) is 51.8 Å². The van der Waals surface area contributed by atoms with Crippen molar-refractivity contribution in [2.45, 2.75) is 25.3 Å². The van der Waals surface area contributed by atoms with Crippen molar-refractivity contribution in [3.8, 4) is 5.75 Å². The molecule has 8 nitrogen and oxygen atoms in total. The van der Waals surface area contributed by atoms with Crippen LogP contribution in [0.25, 0.3) is 16.6 Å².